The van der Waals surface area contributed by atoms with Crippen molar-refractivity contribution >= 4 is 0 Å². The Morgan fingerprint density at radius 2 is 1.80 bits per heavy atom. The highest BCUT2D eigenvalue weighted by Crippen LogP contribution is 2.24. The van der Waals surface area contributed by atoms with Crippen LogP contribution in [0.3, 0.4) is 0 Å². The minimum atomic E-state index is 0.118. The zero-order chi connectivity index (χ0) is 15.1. The van der Waals surface area contributed by atoms with Crippen molar-refractivity contribution in [1.82, 2.24) is 5.32 Å². The van der Waals surface area contributed by atoms with Gasteiger partial charge >= 0.3 is 0 Å². The van der Waals surface area contributed by atoms with Crippen molar-refractivity contribution in [1.29, 1.82) is 0 Å². The molecule has 0 aromatic heterocycles. The van der Waals surface area contributed by atoms with E-state index in [9.17, 15) is 0 Å². The second-order valence-electron chi connectivity index (χ2n) is 6.73. The van der Waals surface area contributed by atoms with Crippen molar-refractivity contribution < 1.29 is 4.74 Å². The molecule has 0 aliphatic carbocycles. The number of hydrogen-bond acceptors (Lipinski definition) is 2. The molecular formula is C18H29NO. The molecule has 2 nitrogen and oxygen atoms in total. The van der Waals surface area contributed by atoms with Crippen molar-refractivity contribution in [3.05, 3.63) is 43.0 Å². The average Bonchev–Trinajstić information content (AvgIpc) is 2.42. The van der Waals surface area contributed by atoms with Crippen molar-refractivity contribution in [2.45, 2.75) is 46.1 Å². The fourth-order valence-corrected chi connectivity index (χ4v) is 1.91. The highest BCUT2D eigenvalue weighted by atomic mass is 16.5. The van der Waals surface area contributed by atoms with Crippen LogP contribution in [0.4, 0.5) is 0 Å². The van der Waals surface area contributed by atoms with E-state index in [1.165, 1.54) is 0 Å². The normalized spacial score (nSPS) is 14.6. The smallest absolute Gasteiger partial charge is 0.119 e. The molecule has 0 saturated heterocycles. The Bertz CT molecular complexity index is 394. The molecule has 2 heteroatoms. The lowest BCUT2D eigenvalue weighted by atomic mass is 9.85. The van der Waals surface area contributed by atoms with Gasteiger partial charge in [0.25, 0.3) is 0 Å². The van der Waals surface area contributed by atoms with E-state index in [4.69, 9.17) is 4.74 Å². The lowest BCUT2D eigenvalue weighted by molar-refractivity contribution is 0.256. The molecule has 0 aliphatic rings. The van der Waals surface area contributed by atoms with Gasteiger partial charge in [0.1, 0.15) is 5.75 Å². The number of benzene rings is 1. The summed E-state index contributed by atoms with van der Waals surface area (Å²) in [6, 6.07) is 9.98. The molecule has 0 amide bonds. The van der Waals surface area contributed by atoms with Crippen LogP contribution in [-0.4, -0.2) is 18.7 Å². The van der Waals surface area contributed by atoms with Crippen LogP contribution in [0.1, 0.15) is 40.5 Å². The molecule has 1 unspecified atom stereocenters. The fourth-order valence-electron chi connectivity index (χ4n) is 1.91. The first-order chi connectivity index (χ1) is 9.35. The summed E-state index contributed by atoms with van der Waals surface area (Å²) in [6.45, 7) is 14.5. The SMILES string of the molecule is C=CC(C)(CCCOc1ccccc1)CNC(C)(C)C. The van der Waals surface area contributed by atoms with Crippen molar-refractivity contribution in [2.75, 3.05) is 13.2 Å². The summed E-state index contributed by atoms with van der Waals surface area (Å²) in [4.78, 5) is 0. The zero-order valence-corrected chi connectivity index (χ0v) is 13.4. The van der Waals surface area contributed by atoms with E-state index in [0.717, 1.165) is 31.7 Å². The van der Waals surface area contributed by atoms with Gasteiger partial charge in [-0.2, -0.15) is 0 Å². The lowest BCUT2D eigenvalue weighted by Crippen LogP contribution is -2.42. The summed E-state index contributed by atoms with van der Waals surface area (Å²) >= 11 is 0. The zero-order valence-electron chi connectivity index (χ0n) is 13.4. The third kappa shape index (κ3) is 6.76. The van der Waals surface area contributed by atoms with Crippen molar-refractivity contribution in [3.8, 4) is 5.75 Å². The molecular weight excluding hydrogens is 246 g/mol. The molecule has 0 fully saturated rings. The predicted molar refractivity (Wildman–Crippen MR) is 87.2 cm³/mol. The monoisotopic (exact) mass is 275 g/mol. The van der Waals surface area contributed by atoms with Gasteiger partial charge in [-0.05, 0) is 51.2 Å². The van der Waals surface area contributed by atoms with Crippen LogP contribution in [0.2, 0.25) is 0 Å². The molecule has 1 rings (SSSR count). The minimum absolute atomic E-state index is 0.118. The summed E-state index contributed by atoms with van der Waals surface area (Å²) in [6.07, 6.45) is 4.17. The number of nitrogens with one attached hydrogen (secondary N) is 1. The van der Waals surface area contributed by atoms with Crippen LogP contribution in [0.15, 0.2) is 43.0 Å². The number of para-hydroxylation sites is 1. The Balaban J connectivity index is 2.32. The summed E-state index contributed by atoms with van der Waals surface area (Å²) in [5.74, 6) is 0.945. The van der Waals surface area contributed by atoms with E-state index >= 15 is 0 Å². The molecule has 20 heavy (non-hydrogen) atoms. The number of hydrogen-bond donors (Lipinski definition) is 1. The molecule has 0 saturated carbocycles. The Hall–Kier alpha value is -1.28. The Morgan fingerprint density at radius 1 is 1.15 bits per heavy atom. The summed E-state index contributed by atoms with van der Waals surface area (Å²) in [5.41, 5.74) is 0.262. The van der Waals surface area contributed by atoms with E-state index in [-0.39, 0.29) is 11.0 Å². The van der Waals surface area contributed by atoms with Crippen LogP contribution < -0.4 is 10.1 Å². The highest BCUT2D eigenvalue weighted by molar-refractivity contribution is 5.20. The maximum atomic E-state index is 5.74. The Morgan fingerprint density at radius 3 is 2.35 bits per heavy atom. The molecule has 0 bridgehead atoms. The molecule has 112 valence electrons. The van der Waals surface area contributed by atoms with Crippen LogP contribution in [0, 0.1) is 5.41 Å². The third-order valence-electron chi connectivity index (χ3n) is 3.42. The molecule has 0 aliphatic heterocycles. The van der Waals surface area contributed by atoms with E-state index in [1.54, 1.807) is 0 Å². The van der Waals surface area contributed by atoms with Crippen molar-refractivity contribution in [2.24, 2.45) is 5.41 Å². The minimum Gasteiger partial charge on any atom is -0.494 e. The van der Waals surface area contributed by atoms with E-state index in [2.05, 4.69) is 45.7 Å². The quantitative estimate of drug-likeness (QED) is 0.560. The van der Waals surface area contributed by atoms with E-state index in [0.29, 0.717) is 0 Å². The van der Waals surface area contributed by atoms with Gasteiger partial charge in [0.2, 0.25) is 0 Å². The third-order valence-corrected chi connectivity index (χ3v) is 3.42. The predicted octanol–water partition coefficient (Wildman–Crippen LogP) is 4.43. The molecule has 1 aromatic rings. The van der Waals surface area contributed by atoms with E-state index in [1.807, 2.05) is 30.3 Å². The average molecular weight is 275 g/mol. The standard InChI is InChI=1S/C18H29NO/c1-6-18(5,15-19-17(2,3)4)13-10-14-20-16-11-8-7-9-12-16/h6-9,11-12,19H,1,10,13-15H2,2-5H3. The summed E-state index contributed by atoms with van der Waals surface area (Å²) < 4.78 is 5.74. The molecule has 1 atom stereocenters. The Kier molecular flexibility index (Phi) is 6.28. The Labute approximate surface area is 124 Å². The lowest BCUT2D eigenvalue weighted by Gasteiger charge is -2.31. The second kappa shape index (κ2) is 7.49. The van der Waals surface area contributed by atoms with Gasteiger partial charge in [-0.1, -0.05) is 31.2 Å². The molecule has 0 spiro atoms. The van der Waals surface area contributed by atoms with Gasteiger partial charge in [-0.3, -0.25) is 0 Å². The first-order valence-electron chi connectivity index (χ1n) is 7.41. The van der Waals surface area contributed by atoms with Gasteiger partial charge in [0, 0.05) is 12.1 Å². The van der Waals surface area contributed by atoms with Gasteiger partial charge in [0.15, 0.2) is 0 Å². The van der Waals surface area contributed by atoms with Crippen LogP contribution >= 0.6 is 0 Å². The largest absolute Gasteiger partial charge is 0.494 e. The van der Waals surface area contributed by atoms with Gasteiger partial charge in [0.05, 0.1) is 6.61 Å². The van der Waals surface area contributed by atoms with Crippen LogP contribution in [-0.2, 0) is 0 Å². The van der Waals surface area contributed by atoms with Crippen molar-refractivity contribution in [3.63, 3.8) is 0 Å². The van der Waals surface area contributed by atoms with Gasteiger partial charge < -0.3 is 10.1 Å². The van der Waals surface area contributed by atoms with E-state index < -0.39 is 0 Å². The highest BCUT2D eigenvalue weighted by Gasteiger charge is 2.22. The topological polar surface area (TPSA) is 21.3 Å². The maximum absolute atomic E-state index is 5.74. The molecule has 0 radical (unpaired) electrons. The molecule has 1 N–H and O–H groups in total. The van der Waals surface area contributed by atoms with Gasteiger partial charge in [-0.25, -0.2) is 0 Å². The molecule has 1 aromatic carbocycles. The first kappa shape index (κ1) is 16.8. The second-order valence-corrected chi connectivity index (χ2v) is 6.73. The summed E-state index contributed by atoms with van der Waals surface area (Å²) in [7, 11) is 0. The summed E-state index contributed by atoms with van der Waals surface area (Å²) in [5, 5.41) is 3.56. The van der Waals surface area contributed by atoms with Gasteiger partial charge in [-0.15, -0.1) is 6.58 Å². The molecule has 0 heterocycles. The number of ether oxygens (including phenoxy) is 1. The first-order valence-corrected chi connectivity index (χ1v) is 7.41. The van der Waals surface area contributed by atoms with Crippen LogP contribution in [0.25, 0.3) is 0 Å². The number of rotatable bonds is 8. The fraction of sp³-hybridized carbons (Fsp3) is 0.556. The van der Waals surface area contributed by atoms with Crippen LogP contribution in [0.5, 0.6) is 5.75 Å². The maximum Gasteiger partial charge on any atom is 0.119 e.